The number of nitrogens with zero attached hydrogens (tertiary/aromatic N) is 3. The van der Waals surface area contributed by atoms with Crippen LogP contribution >= 0.6 is 0 Å². The number of hydrogen-bond acceptors (Lipinski definition) is 5. The first-order valence-electron chi connectivity index (χ1n) is 6.30. The Morgan fingerprint density at radius 1 is 1.56 bits per heavy atom. The van der Waals surface area contributed by atoms with Crippen molar-refractivity contribution in [1.29, 1.82) is 5.26 Å². The van der Waals surface area contributed by atoms with Crippen molar-refractivity contribution in [2.45, 2.75) is 31.7 Å². The summed E-state index contributed by atoms with van der Waals surface area (Å²) in [5.74, 6) is 0.821. The van der Waals surface area contributed by atoms with Crippen LogP contribution in [0, 0.1) is 11.3 Å². The topological polar surface area (TPSA) is 86.2 Å². The van der Waals surface area contributed by atoms with Gasteiger partial charge in [0.25, 0.3) is 0 Å². The average Bonchev–Trinajstić information content (AvgIpc) is 2.85. The van der Waals surface area contributed by atoms with Crippen molar-refractivity contribution in [2.75, 3.05) is 23.8 Å². The van der Waals surface area contributed by atoms with E-state index >= 15 is 0 Å². The molecule has 0 aromatic carbocycles. The van der Waals surface area contributed by atoms with Gasteiger partial charge in [0.05, 0.1) is 5.69 Å². The van der Waals surface area contributed by atoms with Gasteiger partial charge in [-0.3, -0.25) is 0 Å². The van der Waals surface area contributed by atoms with Gasteiger partial charge < -0.3 is 15.7 Å². The van der Waals surface area contributed by atoms with Crippen LogP contribution in [0.1, 0.15) is 31.4 Å². The zero-order chi connectivity index (χ0) is 13.0. The van der Waals surface area contributed by atoms with Crippen molar-refractivity contribution in [3.8, 4) is 6.07 Å². The molecule has 2 heterocycles. The molecule has 3 N–H and O–H groups in total. The fraction of sp³-hybridized carbons (Fsp3) is 0.538. The molecule has 5 nitrogen and oxygen atoms in total. The average molecular weight is 246 g/mol. The molecule has 1 aliphatic rings. The van der Waals surface area contributed by atoms with Crippen molar-refractivity contribution in [1.82, 2.24) is 4.98 Å². The molecule has 2 rings (SSSR count). The van der Waals surface area contributed by atoms with Crippen molar-refractivity contribution in [3.63, 3.8) is 0 Å². The molecule has 0 aliphatic carbocycles. The second-order valence-corrected chi connectivity index (χ2v) is 4.57. The maximum Gasteiger partial charge on any atom is 0.165 e. The molecule has 0 radical (unpaired) electrons. The lowest BCUT2D eigenvalue weighted by Gasteiger charge is -2.25. The van der Waals surface area contributed by atoms with Crippen LogP contribution < -0.4 is 10.6 Å². The van der Waals surface area contributed by atoms with E-state index in [-0.39, 0.29) is 6.61 Å². The lowest BCUT2D eigenvalue weighted by atomic mass is 10.1. The third kappa shape index (κ3) is 2.54. The van der Waals surface area contributed by atoms with Crippen LogP contribution in [0.5, 0.6) is 0 Å². The van der Waals surface area contributed by atoms with Crippen LogP contribution in [0.3, 0.4) is 0 Å². The van der Waals surface area contributed by atoms with Crippen molar-refractivity contribution in [2.24, 2.45) is 0 Å². The van der Waals surface area contributed by atoms with Crippen molar-refractivity contribution < 1.29 is 5.11 Å². The van der Waals surface area contributed by atoms with Crippen LogP contribution in [-0.4, -0.2) is 29.3 Å². The Kier molecular flexibility index (Phi) is 4.00. The number of hydrogen-bond donors (Lipinski definition) is 2. The summed E-state index contributed by atoms with van der Waals surface area (Å²) >= 11 is 0. The lowest BCUT2D eigenvalue weighted by molar-refractivity contribution is 0.279. The number of nitriles is 1. The van der Waals surface area contributed by atoms with Gasteiger partial charge in [0, 0.05) is 19.2 Å². The van der Waals surface area contributed by atoms with Gasteiger partial charge in [0.1, 0.15) is 11.9 Å². The molecular weight excluding hydrogens is 228 g/mol. The summed E-state index contributed by atoms with van der Waals surface area (Å²) in [5, 5.41) is 17.9. The van der Waals surface area contributed by atoms with E-state index < -0.39 is 0 Å². The largest absolute Gasteiger partial charge is 0.396 e. The number of pyridine rings is 1. The molecule has 1 aromatic rings. The Balaban J connectivity index is 2.17. The van der Waals surface area contributed by atoms with E-state index in [1.165, 1.54) is 0 Å². The van der Waals surface area contributed by atoms with Crippen molar-refractivity contribution in [3.05, 3.63) is 17.8 Å². The molecule has 1 atom stereocenters. The summed E-state index contributed by atoms with van der Waals surface area (Å²) in [5.41, 5.74) is 6.39. The van der Waals surface area contributed by atoms with E-state index in [0.717, 1.165) is 38.0 Å². The van der Waals surface area contributed by atoms with Gasteiger partial charge in [-0.15, -0.1) is 0 Å². The van der Waals surface area contributed by atoms with Crippen LogP contribution in [0.25, 0.3) is 0 Å². The Labute approximate surface area is 107 Å². The molecule has 1 aliphatic heterocycles. The number of aliphatic hydroxyl groups excluding tert-OH is 1. The minimum atomic E-state index is 0.225. The maximum atomic E-state index is 8.95. The van der Waals surface area contributed by atoms with Gasteiger partial charge >= 0.3 is 0 Å². The molecule has 0 saturated carbocycles. The number of nitrogen functional groups attached to an aromatic ring is 1. The summed E-state index contributed by atoms with van der Waals surface area (Å²) in [6, 6.07) is 6.04. The highest BCUT2D eigenvalue weighted by molar-refractivity contribution is 5.56. The fourth-order valence-electron chi connectivity index (χ4n) is 2.47. The van der Waals surface area contributed by atoms with Crippen LogP contribution in [-0.2, 0) is 0 Å². The molecule has 5 heteroatoms. The molecule has 1 saturated heterocycles. The Morgan fingerprint density at radius 2 is 2.39 bits per heavy atom. The number of nitrogens with two attached hydrogens (primary N) is 1. The predicted octanol–water partition coefficient (Wildman–Crippen LogP) is 1.28. The molecule has 0 bridgehead atoms. The molecule has 1 aromatic heterocycles. The molecule has 18 heavy (non-hydrogen) atoms. The molecule has 1 unspecified atom stereocenters. The summed E-state index contributed by atoms with van der Waals surface area (Å²) in [6.45, 7) is 1.18. The molecular formula is C13H18N4O. The number of aliphatic hydroxyl groups is 1. The molecule has 0 amide bonds. The SMILES string of the molecule is N#Cc1nc(N2CCCC2CCCO)ccc1N. The number of anilines is 2. The Morgan fingerprint density at radius 3 is 3.11 bits per heavy atom. The van der Waals surface area contributed by atoms with E-state index in [1.807, 2.05) is 12.1 Å². The van der Waals surface area contributed by atoms with Crippen molar-refractivity contribution >= 4 is 11.5 Å². The highest BCUT2D eigenvalue weighted by atomic mass is 16.2. The molecule has 96 valence electrons. The zero-order valence-electron chi connectivity index (χ0n) is 10.3. The van der Waals surface area contributed by atoms with Gasteiger partial charge in [0.2, 0.25) is 0 Å². The zero-order valence-corrected chi connectivity index (χ0v) is 10.3. The van der Waals surface area contributed by atoms with Gasteiger partial charge in [-0.25, -0.2) is 4.98 Å². The van der Waals surface area contributed by atoms with E-state index in [0.29, 0.717) is 17.4 Å². The minimum Gasteiger partial charge on any atom is -0.396 e. The first-order chi connectivity index (χ1) is 8.76. The molecule has 1 fully saturated rings. The van der Waals surface area contributed by atoms with E-state index in [2.05, 4.69) is 9.88 Å². The van der Waals surface area contributed by atoms with Crippen LogP contribution in [0.4, 0.5) is 11.5 Å². The van der Waals surface area contributed by atoms with Gasteiger partial charge in [-0.05, 0) is 37.8 Å². The van der Waals surface area contributed by atoms with Crippen LogP contribution in [0.2, 0.25) is 0 Å². The summed E-state index contributed by atoms with van der Waals surface area (Å²) in [6.07, 6.45) is 4.02. The summed E-state index contributed by atoms with van der Waals surface area (Å²) in [4.78, 5) is 6.53. The van der Waals surface area contributed by atoms with E-state index in [1.54, 1.807) is 6.07 Å². The predicted molar refractivity (Wildman–Crippen MR) is 70.1 cm³/mol. The fourth-order valence-corrected chi connectivity index (χ4v) is 2.47. The third-order valence-corrected chi connectivity index (χ3v) is 3.38. The monoisotopic (exact) mass is 246 g/mol. The highest BCUT2D eigenvalue weighted by Crippen LogP contribution is 2.27. The first kappa shape index (κ1) is 12.7. The Bertz CT molecular complexity index is 455. The normalized spacial score (nSPS) is 18.9. The molecule has 0 spiro atoms. The highest BCUT2D eigenvalue weighted by Gasteiger charge is 2.25. The Hall–Kier alpha value is -1.80. The standard InChI is InChI=1S/C13H18N4O/c14-9-12-11(15)5-6-13(16-12)17-7-1-3-10(17)4-2-8-18/h5-6,10,18H,1-4,7-8,15H2. The smallest absolute Gasteiger partial charge is 0.165 e. The number of rotatable bonds is 4. The third-order valence-electron chi connectivity index (χ3n) is 3.38. The summed E-state index contributed by atoms with van der Waals surface area (Å²) in [7, 11) is 0. The summed E-state index contributed by atoms with van der Waals surface area (Å²) < 4.78 is 0. The minimum absolute atomic E-state index is 0.225. The maximum absolute atomic E-state index is 8.95. The van der Waals surface area contributed by atoms with Crippen LogP contribution in [0.15, 0.2) is 12.1 Å². The van der Waals surface area contributed by atoms with Gasteiger partial charge in [-0.2, -0.15) is 5.26 Å². The van der Waals surface area contributed by atoms with E-state index in [9.17, 15) is 0 Å². The lowest BCUT2D eigenvalue weighted by Crippen LogP contribution is -2.30. The first-order valence-corrected chi connectivity index (χ1v) is 6.30. The van der Waals surface area contributed by atoms with E-state index in [4.69, 9.17) is 16.1 Å². The second kappa shape index (κ2) is 5.69. The van der Waals surface area contributed by atoms with Gasteiger partial charge in [-0.1, -0.05) is 0 Å². The quantitative estimate of drug-likeness (QED) is 0.835. The second-order valence-electron chi connectivity index (χ2n) is 4.57. The number of aromatic nitrogens is 1. The van der Waals surface area contributed by atoms with Gasteiger partial charge in [0.15, 0.2) is 5.69 Å².